The van der Waals surface area contributed by atoms with Gasteiger partial charge in [0, 0.05) is 19.5 Å². The summed E-state index contributed by atoms with van der Waals surface area (Å²) in [5, 5.41) is 10.4. The molecular formula is C13H18N2O2. The van der Waals surface area contributed by atoms with Gasteiger partial charge in [-0.1, -0.05) is 30.3 Å². The van der Waals surface area contributed by atoms with E-state index in [0.29, 0.717) is 32.4 Å². The SMILES string of the molecule is NC(=O)N1CCC(O)(Cc2ccccc2)CC1. The van der Waals surface area contributed by atoms with Crippen molar-refractivity contribution in [3.63, 3.8) is 0 Å². The van der Waals surface area contributed by atoms with E-state index in [1.807, 2.05) is 30.3 Å². The molecule has 4 heteroatoms. The normalized spacial score (nSPS) is 19.0. The first-order valence-electron chi connectivity index (χ1n) is 5.90. The molecule has 0 unspecified atom stereocenters. The van der Waals surface area contributed by atoms with Gasteiger partial charge in [-0.05, 0) is 18.4 Å². The molecule has 0 spiro atoms. The van der Waals surface area contributed by atoms with Crippen LogP contribution in [0.3, 0.4) is 0 Å². The molecule has 3 N–H and O–H groups in total. The van der Waals surface area contributed by atoms with E-state index in [4.69, 9.17) is 5.73 Å². The summed E-state index contributed by atoms with van der Waals surface area (Å²) < 4.78 is 0. The fraction of sp³-hybridized carbons (Fsp3) is 0.462. The number of aliphatic hydroxyl groups is 1. The number of nitrogens with two attached hydrogens (primary N) is 1. The van der Waals surface area contributed by atoms with Gasteiger partial charge >= 0.3 is 6.03 Å². The molecular weight excluding hydrogens is 216 g/mol. The van der Waals surface area contributed by atoms with E-state index >= 15 is 0 Å². The molecule has 17 heavy (non-hydrogen) atoms. The summed E-state index contributed by atoms with van der Waals surface area (Å²) >= 11 is 0. The van der Waals surface area contributed by atoms with E-state index in [2.05, 4.69) is 0 Å². The van der Waals surface area contributed by atoms with E-state index in [-0.39, 0.29) is 0 Å². The Hall–Kier alpha value is -1.55. The number of amides is 2. The predicted molar refractivity (Wildman–Crippen MR) is 65.5 cm³/mol. The van der Waals surface area contributed by atoms with Crippen LogP contribution in [-0.4, -0.2) is 34.7 Å². The standard InChI is InChI=1S/C13H18N2O2/c14-12(16)15-8-6-13(17,7-9-15)10-11-4-2-1-3-5-11/h1-5,17H,6-10H2,(H2,14,16). The highest BCUT2D eigenvalue weighted by Gasteiger charge is 2.33. The van der Waals surface area contributed by atoms with Crippen molar-refractivity contribution in [1.29, 1.82) is 0 Å². The number of hydrogen-bond acceptors (Lipinski definition) is 2. The zero-order valence-electron chi connectivity index (χ0n) is 9.80. The average Bonchev–Trinajstić information content (AvgIpc) is 2.30. The second-order valence-corrected chi connectivity index (χ2v) is 4.71. The molecule has 0 aliphatic carbocycles. The maximum atomic E-state index is 11.0. The fourth-order valence-corrected chi connectivity index (χ4v) is 2.30. The number of primary amides is 1. The van der Waals surface area contributed by atoms with E-state index in [0.717, 1.165) is 5.56 Å². The summed E-state index contributed by atoms with van der Waals surface area (Å²) in [5.41, 5.74) is 5.64. The van der Waals surface area contributed by atoms with Crippen LogP contribution in [0.15, 0.2) is 30.3 Å². The number of hydrogen-bond donors (Lipinski definition) is 2. The number of nitrogens with zero attached hydrogens (tertiary/aromatic N) is 1. The topological polar surface area (TPSA) is 66.6 Å². The third-order valence-electron chi connectivity index (χ3n) is 3.38. The number of carbonyl (C=O) groups excluding carboxylic acids is 1. The molecule has 1 saturated heterocycles. The first kappa shape index (κ1) is 11.9. The molecule has 0 aromatic heterocycles. The first-order valence-corrected chi connectivity index (χ1v) is 5.90. The van der Waals surface area contributed by atoms with E-state index in [1.165, 1.54) is 0 Å². The van der Waals surface area contributed by atoms with Gasteiger partial charge in [-0.3, -0.25) is 0 Å². The van der Waals surface area contributed by atoms with Crippen molar-refractivity contribution in [2.45, 2.75) is 24.9 Å². The highest BCUT2D eigenvalue weighted by molar-refractivity contribution is 5.72. The minimum atomic E-state index is -0.701. The van der Waals surface area contributed by atoms with E-state index in [9.17, 15) is 9.90 Å². The summed E-state index contributed by atoms with van der Waals surface area (Å²) in [7, 11) is 0. The molecule has 0 bridgehead atoms. The Morgan fingerprint density at radius 1 is 1.29 bits per heavy atom. The zero-order chi connectivity index (χ0) is 12.3. The molecule has 1 aromatic rings. The highest BCUT2D eigenvalue weighted by Crippen LogP contribution is 2.26. The van der Waals surface area contributed by atoms with Crippen LogP contribution in [0.25, 0.3) is 0 Å². The number of piperidine rings is 1. The fourth-order valence-electron chi connectivity index (χ4n) is 2.30. The van der Waals surface area contributed by atoms with Crippen LogP contribution in [0.5, 0.6) is 0 Å². The van der Waals surface area contributed by atoms with Crippen molar-refractivity contribution in [1.82, 2.24) is 4.90 Å². The van der Waals surface area contributed by atoms with Crippen LogP contribution >= 0.6 is 0 Å². The van der Waals surface area contributed by atoms with Crippen molar-refractivity contribution in [3.05, 3.63) is 35.9 Å². The zero-order valence-corrected chi connectivity index (χ0v) is 9.80. The monoisotopic (exact) mass is 234 g/mol. The molecule has 1 aromatic carbocycles. The summed E-state index contributed by atoms with van der Waals surface area (Å²) in [5.74, 6) is 0. The van der Waals surface area contributed by atoms with Gasteiger partial charge in [-0.2, -0.15) is 0 Å². The van der Waals surface area contributed by atoms with Gasteiger partial charge in [0.1, 0.15) is 0 Å². The molecule has 2 rings (SSSR count). The van der Waals surface area contributed by atoms with Gasteiger partial charge in [-0.25, -0.2) is 4.79 Å². The summed E-state index contributed by atoms with van der Waals surface area (Å²) in [4.78, 5) is 12.6. The molecule has 0 radical (unpaired) electrons. The number of likely N-dealkylation sites (tertiary alicyclic amines) is 1. The average molecular weight is 234 g/mol. The molecule has 2 amide bonds. The summed E-state index contributed by atoms with van der Waals surface area (Å²) in [6.07, 6.45) is 1.82. The summed E-state index contributed by atoms with van der Waals surface area (Å²) in [6.45, 7) is 1.08. The molecule has 0 atom stereocenters. The van der Waals surface area contributed by atoms with E-state index < -0.39 is 11.6 Å². The molecule has 1 heterocycles. The lowest BCUT2D eigenvalue weighted by Gasteiger charge is -2.37. The van der Waals surface area contributed by atoms with Crippen molar-refractivity contribution in [3.8, 4) is 0 Å². The second kappa shape index (κ2) is 4.75. The third kappa shape index (κ3) is 2.97. The molecule has 0 saturated carbocycles. The number of urea groups is 1. The molecule has 1 aliphatic rings. The lowest BCUT2D eigenvalue weighted by atomic mass is 9.85. The number of benzene rings is 1. The third-order valence-corrected chi connectivity index (χ3v) is 3.38. The highest BCUT2D eigenvalue weighted by atomic mass is 16.3. The second-order valence-electron chi connectivity index (χ2n) is 4.71. The Bertz CT molecular complexity index is 384. The van der Waals surface area contributed by atoms with Crippen molar-refractivity contribution in [2.24, 2.45) is 5.73 Å². The van der Waals surface area contributed by atoms with Crippen LogP contribution in [0.2, 0.25) is 0 Å². The van der Waals surface area contributed by atoms with Gasteiger partial charge < -0.3 is 15.7 Å². The van der Waals surface area contributed by atoms with Crippen molar-refractivity contribution >= 4 is 6.03 Å². The minimum Gasteiger partial charge on any atom is -0.389 e. The van der Waals surface area contributed by atoms with Crippen LogP contribution in [0, 0.1) is 0 Å². The summed E-state index contributed by atoms with van der Waals surface area (Å²) in [6, 6.07) is 9.53. The Morgan fingerprint density at radius 2 is 1.88 bits per heavy atom. The lowest BCUT2D eigenvalue weighted by molar-refractivity contribution is -0.0108. The molecule has 1 aliphatic heterocycles. The predicted octanol–water partition coefficient (Wildman–Crippen LogP) is 1.13. The largest absolute Gasteiger partial charge is 0.389 e. The van der Waals surface area contributed by atoms with Gasteiger partial charge in [0.25, 0.3) is 0 Å². The van der Waals surface area contributed by atoms with Crippen molar-refractivity contribution < 1.29 is 9.90 Å². The van der Waals surface area contributed by atoms with Crippen LogP contribution in [0.4, 0.5) is 4.79 Å². The van der Waals surface area contributed by atoms with Crippen LogP contribution < -0.4 is 5.73 Å². The quantitative estimate of drug-likeness (QED) is 0.805. The van der Waals surface area contributed by atoms with Crippen molar-refractivity contribution in [2.75, 3.05) is 13.1 Å². The number of rotatable bonds is 2. The Balaban J connectivity index is 1.96. The maximum Gasteiger partial charge on any atom is 0.314 e. The van der Waals surface area contributed by atoms with Crippen LogP contribution in [-0.2, 0) is 6.42 Å². The molecule has 92 valence electrons. The van der Waals surface area contributed by atoms with Gasteiger partial charge in [0.2, 0.25) is 0 Å². The van der Waals surface area contributed by atoms with Gasteiger partial charge in [-0.15, -0.1) is 0 Å². The van der Waals surface area contributed by atoms with Gasteiger partial charge in [0.15, 0.2) is 0 Å². The Labute approximate surface area is 101 Å². The smallest absolute Gasteiger partial charge is 0.314 e. The Morgan fingerprint density at radius 3 is 2.41 bits per heavy atom. The minimum absolute atomic E-state index is 0.397. The lowest BCUT2D eigenvalue weighted by Crippen LogP contribution is -2.49. The van der Waals surface area contributed by atoms with E-state index in [1.54, 1.807) is 4.90 Å². The first-order chi connectivity index (χ1) is 8.09. The van der Waals surface area contributed by atoms with Crippen LogP contribution in [0.1, 0.15) is 18.4 Å². The molecule has 1 fully saturated rings. The van der Waals surface area contributed by atoms with Gasteiger partial charge in [0.05, 0.1) is 5.60 Å². The maximum absolute atomic E-state index is 11.0. The number of carbonyl (C=O) groups is 1. The molecule has 4 nitrogen and oxygen atoms in total. The Kier molecular flexibility index (Phi) is 3.33.